The molecule has 3 heterocycles. The van der Waals surface area contributed by atoms with Gasteiger partial charge in [0.05, 0.1) is 18.6 Å². The third kappa shape index (κ3) is 3.62. The molecule has 0 unspecified atom stereocenters. The molecule has 1 spiro atoms. The lowest BCUT2D eigenvalue weighted by Gasteiger charge is -2.24. The Morgan fingerprint density at radius 1 is 1.16 bits per heavy atom. The van der Waals surface area contributed by atoms with Crippen molar-refractivity contribution in [1.82, 2.24) is 5.32 Å². The van der Waals surface area contributed by atoms with Crippen LogP contribution in [0.15, 0.2) is 30.4 Å². The molecule has 7 heteroatoms. The first-order valence-electron chi connectivity index (χ1n) is 11.6. The van der Waals surface area contributed by atoms with Gasteiger partial charge in [-0.05, 0) is 49.9 Å². The third-order valence-electron chi connectivity index (χ3n) is 7.21. The zero-order valence-corrected chi connectivity index (χ0v) is 18.6. The number of aryl methyl sites for hydroxylation is 2. The van der Waals surface area contributed by atoms with E-state index < -0.39 is 29.5 Å². The van der Waals surface area contributed by atoms with Crippen molar-refractivity contribution in [2.24, 2.45) is 11.8 Å². The summed E-state index contributed by atoms with van der Waals surface area (Å²) in [7, 11) is 0. The monoisotopic (exact) mass is 438 g/mol. The van der Waals surface area contributed by atoms with Gasteiger partial charge in [0.25, 0.3) is 5.91 Å². The molecule has 0 radical (unpaired) electrons. The number of nitrogens with zero attached hydrogens (tertiary/aromatic N) is 1. The number of hydrogen-bond donors (Lipinski definition) is 1. The summed E-state index contributed by atoms with van der Waals surface area (Å²) < 4.78 is 11.5. The van der Waals surface area contributed by atoms with Crippen LogP contribution in [0.4, 0.5) is 5.69 Å². The predicted molar refractivity (Wildman–Crippen MR) is 118 cm³/mol. The van der Waals surface area contributed by atoms with E-state index in [4.69, 9.17) is 9.47 Å². The van der Waals surface area contributed by atoms with Crippen LogP contribution < -0.4 is 10.2 Å². The Morgan fingerprint density at radius 2 is 1.88 bits per heavy atom. The van der Waals surface area contributed by atoms with E-state index in [0.29, 0.717) is 6.54 Å². The Hall–Kier alpha value is -2.67. The molecule has 7 nitrogen and oxygen atoms in total. The van der Waals surface area contributed by atoms with Crippen molar-refractivity contribution in [2.45, 2.75) is 63.7 Å². The maximum atomic E-state index is 13.4. The maximum Gasteiger partial charge on any atom is 0.313 e. The van der Waals surface area contributed by atoms with Gasteiger partial charge >= 0.3 is 5.97 Å². The van der Waals surface area contributed by atoms with E-state index >= 15 is 0 Å². The standard InChI is InChI=1S/C25H30N2O5/c1-15-10-16(2)12-18(11-15)27-14-25-9-8-19(32-25)21(22(25)23(27)29)24(30)31-13-20(28)26-17-6-4-3-5-7-17/h8-12,17,19,21-22H,3-7,13-14H2,1-2H3,(H,26,28)/t19-,21+,22-,25-/m1/s1. The molecule has 1 aromatic carbocycles. The molecule has 5 rings (SSSR count). The fraction of sp³-hybridized carbons (Fsp3) is 0.560. The average Bonchev–Trinajstić information content (AvgIpc) is 3.40. The molecule has 1 aliphatic carbocycles. The molecule has 2 saturated heterocycles. The van der Waals surface area contributed by atoms with E-state index in [1.165, 1.54) is 6.42 Å². The summed E-state index contributed by atoms with van der Waals surface area (Å²) in [4.78, 5) is 40.4. The highest BCUT2D eigenvalue weighted by Crippen LogP contribution is 2.53. The molecule has 1 aromatic rings. The van der Waals surface area contributed by atoms with Gasteiger partial charge in [-0.25, -0.2) is 0 Å². The number of anilines is 1. The molecule has 3 fully saturated rings. The van der Waals surface area contributed by atoms with Crippen molar-refractivity contribution in [1.29, 1.82) is 0 Å². The molecule has 4 aliphatic rings. The number of carbonyl (C=O) groups excluding carboxylic acids is 3. The number of rotatable bonds is 5. The summed E-state index contributed by atoms with van der Waals surface area (Å²) in [5.74, 6) is -2.32. The molecule has 170 valence electrons. The molecular formula is C25H30N2O5. The first-order valence-corrected chi connectivity index (χ1v) is 11.6. The Bertz CT molecular complexity index is 962. The molecule has 0 aromatic heterocycles. The Labute approximate surface area is 188 Å². The maximum absolute atomic E-state index is 13.4. The summed E-state index contributed by atoms with van der Waals surface area (Å²) >= 11 is 0. The van der Waals surface area contributed by atoms with Crippen LogP contribution in [0.1, 0.15) is 43.2 Å². The molecular weight excluding hydrogens is 408 g/mol. The first kappa shape index (κ1) is 21.2. The number of ether oxygens (including phenoxy) is 2. The SMILES string of the molecule is Cc1cc(C)cc(N2C[C@@]34C=C[C@@H](O3)[C@H](C(=O)OCC(=O)NC3CCCCC3)[C@@H]4C2=O)c1. The lowest BCUT2D eigenvalue weighted by Crippen LogP contribution is -2.42. The van der Waals surface area contributed by atoms with Crippen molar-refractivity contribution in [3.63, 3.8) is 0 Å². The number of benzene rings is 1. The van der Waals surface area contributed by atoms with Crippen LogP contribution in [0.2, 0.25) is 0 Å². The van der Waals surface area contributed by atoms with Gasteiger partial charge in [0.1, 0.15) is 11.5 Å². The van der Waals surface area contributed by atoms with Gasteiger partial charge in [-0.2, -0.15) is 0 Å². The Morgan fingerprint density at radius 3 is 2.59 bits per heavy atom. The fourth-order valence-electron chi connectivity index (χ4n) is 5.84. The number of carbonyl (C=O) groups is 3. The van der Waals surface area contributed by atoms with Gasteiger partial charge in [0.2, 0.25) is 5.91 Å². The lowest BCUT2D eigenvalue weighted by atomic mass is 9.77. The van der Waals surface area contributed by atoms with Gasteiger partial charge < -0.3 is 19.7 Å². The molecule has 1 saturated carbocycles. The first-order chi connectivity index (χ1) is 15.4. The number of fused-ring (bicyclic) bond motifs is 1. The lowest BCUT2D eigenvalue weighted by molar-refractivity contribution is -0.155. The van der Waals surface area contributed by atoms with Gasteiger partial charge in [0.15, 0.2) is 6.61 Å². The summed E-state index contributed by atoms with van der Waals surface area (Å²) in [5, 5.41) is 2.96. The van der Waals surface area contributed by atoms with Crippen LogP contribution in [0.3, 0.4) is 0 Å². The van der Waals surface area contributed by atoms with Crippen LogP contribution in [0.5, 0.6) is 0 Å². The Kier molecular flexibility index (Phi) is 5.32. The van der Waals surface area contributed by atoms with Gasteiger partial charge in [0, 0.05) is 11.7 Å². The van der Waals surface area contributed by atoms with E-state index in [9.17, 15) is 14.4 Å². The summed E-state index contributed by atoms with van der Waals surface area (Å²) in [6, 6.07) is 6.17. The normalized spacial score (nSPS) is 31.1. The van der Waals surface area contributed by atoms with E-state index in [2.05, 4.69) is 11.4 Å². The van der Waals surface area contributed by atoms with Crippen molar-refractivity contribution < 1.29 is 23.9 Å². The smallest absolute Gasteiger partial charge is 0.313 e. The largest absolute Gasteiger partial charge is 0.455 e. The van der Waals surface area contributed by atoms with Crippen LogP contribution in [-0.4, -0.2) is 48.7 Å². The summed E-state index contributed by atoms with van der Waals surface area (Å²) in [5.41, 5.74) is 2.15. The van der Waals surface area contributed by atoms with E-state index in [-0.39, 0.29) is 24.5 Å². The van der Waals surface area contributed by atoms with Crippen LogP contribution in [0.25, 0.3) is 0 Å². The van der Waals surface area contributed by atoms with Crippen molar-refractivity contribution in [2.75, 3.05) is 18.1 Å². The molecule has 2 bridgehead atoms. The second-order valence-electron chi connectivity index (χ2n) is 9.68. The fourth-order valence-corrected chi connectivity index (χ4v) is 5.84. The summed E-state index contributed by atoms with van der Waals surface area (Å²) in [6.07, 6.45) is 8.65. The third-order valence-corrected chi connectivity index (χ3v) is 7.21. The zero-order valence-electron chi connectivity index (χ0n) is 18.6. The topological polar surface area (TPSA) is 84.9 Å². The molecule has 32 heavy (non-hydrogen) atoms. The van der Waals surface area contributed by atoms with E-state index in [0.717, 1.165) is 42.5 Å². The minimum atomic E-state index is -0.812. The van der Waals surface area contributed by atoms with Crippen LogP contribution >= 0.6 is 0 Å². The molecule has 4 atom stereocenters. The van der Waals surface area contributed by atoms with E-state index in [1.807, 2.05) is 38.1 Å². The summed E-state index contributed by atoms with van der Waals surface area (Å²) in [6.45, 7) is 4.04. The van der Waals surface area contributed by atoms with Gasteiger partial charge in [-0.15, -0.1) is 0 Å². The quantitative estimate of drug-likeness (QED) is 0.564. The predicted octanol–water partition coefficient (Wildman–Crippen LogP) is 2.58. The molecule has 1 N–H and O–H groups in total. The van der Waals surface area contributed by atoms with Crippen molar-refractivity contribution in [3.8, 4) is 0 Å². The van der Waals surface area contributed by atoms with Crippen molar-refractivity contribution in [3.05, 3.63) is 41.5 Å². The highest BCUT2D eigenvalue weighted by atomic mass is 16.6. The van der Waals surface area contributed by atoms with Crippen LogP contribution in [0, 0.1) is 25.7 Å². The second-order valence-corrected chi connectivity index (χ2v) is 9.68. The molecule has 3 aliphatic heterocycles. The Balaban J connectivity index is 1.27. The van der Waals surface area contributed by atoms with E-state index in [1.54, 1.807) is 4.90 Å². The van der Waals surface area contributed by atoms with Gasteiger partial charge in [-0.3, -0.25) is 14.4 Å². The number of amides is 2. The second kappa shape index (κ2) is 8.03. The number of esters is 1. The highest BCUT2D eigenvalue weighted by molar-refractivity contribution is 6.02. The zero-order chi connectivity index (χ0) is 22.5. The number of hydrogen-bond acceptors (Lipinski definition) is 5. The van der Waals surface area contributed by atoms with Gasteiger partial charge in [-0.1, -0.05) is 37.5 Å². The average molecular weight is 439 g/mol. The highest BCUT2D eigenvalue weighted by Gasteiger charge is 2.67. The van der Waals surface area contributed by atoms with Crippen molar-refractivity contribution >= 4 is 23.5 Å². The van der Waals surface area contributed by atoms with Crippen LogP contribution in [-0.2, 0) is 23.9 Å². The minimum Gasteiger partial charge on any atom is -0.455 e. The number of nitrogens with one attached hydrogen (secondary N) is 1. The minimum absolute atomic E-state index is 0.129. The molecule has 2 amide bonds.